The molecule has 1 atom stereocenters. The van der Waals surface area contributed by atoms with Gasteiger partial charge in [-0.25, -0.2) is 9.97 Å². The van der Waals surface area contributed by atoms with Gasteiger partial charge in [-0.15, -0.1) is 11.3 Å². The summed E-state index contributed by atoms with van der Waals surface area (Å²) in [5.74, 6) is 0.685. The van der Waals surface area contributed by atoms with Crippen LogP contribution in [0, 0.1) is 0 Å². The molecule has 2 rings (SSSR count). The van der Waals surface area contributed by atoms with E-state index in [2.05, 4.69) is 16.9 Å². The second-order valence-electron chi connectivity index (χ2n) is 3.36. The van der Waals surface area contributed by atoms with Gasteiger partial charge in [0.2, 0.25) is 0 Å². The van der Waals surface area contributed by atoms with Crippen LogP contribution in [0.3, 0.4) is 0 Å². The number of rotatable bonds is 4. The predicted molar refractivity (Wildman–Crippen MR) is 67.1 cm³/mol. The molecule has 0 aliphatic carbocycles. The third-order valence-electron chi connectivity index (χ3n) is 2.32. The highest BCUT2D eigenvalue weighted by molar-refractivity contribution is 7.16. The van der Waals surface area contributed by atoms with Crippen LogP contribution in [0.15, 0.2) is 11.4 Å². The Morgan fingerprint density at radius 3 is 2.94 bits per heavy atom. The van der Waals surface area contributed by atoms with E-state index in [9.17, 15) is 0 Å². The Bertz CT molecular complexity index is 486. The lowest BCUT2D eigenvalue weighted by atomic mass is 10.2. The van der Waals surface area contributed by atoms with Crippen LogP contribution >= 0.6 is 22.9 Å². The fraction of sp³-hybridized carbons (Fsp3) is 0.455. The van der Waals surface area contributed by atoms with Gasteiger partial charge in [-0.1, -0.05) is 18.5 Å². The molecule has 0 spiro atoms. The maximum atomic E-state index is 6.10. The van der Waals surface area contributed by atoms with Crippen molar-refractivity contribution in [1.29, 1.82) is 0 Å². The van der Waals surface area contributed by atoms with Gasteiger partial charge < -0.3 is 4.74 Å². The van der Waals surface area contributed by atoms with E-state index in [1.807, 2.05) is 18.4 Å². The molecule has 0 aromatic carbocycles. The Kier molecular flexibility index (Phi) is 3.74. The molecular formula is C11H13ClN2OS. The number of nitrogens with zero attached hydrogens (tertiary/aromatic N) is 2. The van der Waals surface area contributed by atoms with E-state index >= 15 is 0 Å². The first kappa shape index (κ1) is 11.8. The van der Waals surface area contributed by atoms with Crippen molar-refractivity contribution in [2.75, 3.05) is 6.61 Å². The lowest BCUT2D eigenvalue weighted by Crippen LogP contribution is -2.07. The van der Waals surface area contributed by atoms with Crippen molar-refractivity contribution in [3.05, 3.63) is 22.4 Å². The van der Waals surface area contributed by atoms with Crippen LogP contribution in [0.1, 0.15) is 32.2 Å². The first-order chi connectivity index (χ1) is 7.76. The summed E-state index contributed by atoms with van der Waals surface area (Å²) in [6.45, 7) is 4.67. The minimum absolute atomic E-state index is 0.0611. The van der Waals surface area contributed by atoms with Crippen molar-refractivity contribution in [1.82, 2.24) is 9.97 Å². The van der Waals surface area contributed by atoms with Crippen molar-refractivity contribution in [2.24, 2.45) is 0 Å². The molecule has 0 saturated carbocycles. The number of hydrogen-bond acceptors (Lipinski definition) is 4. The fourth-order valence-corrected chi connectivity index (χ4v) is 2.62. The number of halogens is 1. The number of ether oxygens (including phenoxy) is 1. The summed E-state index contributed by atoms with van der Waals surface area (Å²) in [7, 11) is 0. The molecule has 0 fully saturated rings. The normalized spacial score (nSPS) is 13.2. The first-order valence-electron chi connectivity index (χ1n) is 5.28. The molecule has 0 N–H and O–H groups in total. The lowest BCUT2D eigenvalue weighted by molar-refractivity contribution is 0.0538. The van der Waals surface area contributed by atoms with Crippen LogP contribution in [0.25, 0.3) is 10.2 Å². The third-order valence-corrected chi connectivity index (χ3v) is 3.42. The number of thiophene rings is 1. The number of hydrogen-bond donors (Lipinski definition) is 0. The van der Waals surface area contributed by atoms with Crippen molar-refractivity contribution >= 4 is 33.2 Å². The van der Waals surface area contributed by atoms with Crippen molar-refractivity contribution in [2.45, 2.75) is 26.4 Å². The van der Waals surface area contributed by atoms with E-state index in [-0.39, 0.29) is 6.10 Å². The molecule has 16 heavy (non-hydrogen) atoms. The van der Waals surface area contributed by atoms with Gasteiger partial charge in [-0.2, -0.15) is 0 Å². The van der Waals surface area contributed by atoms with Crippen LogP contribution in [-0.4, -0.2) is 16.6 Å². The predicted octanol–water partition coefficient (Wildman–Crippen LogP) is 3.83. The summed E-state index contributed by atoms with van der Waals surface area (Å²) >= 11 is 7.68. The summed E-state index contributed by atoms with van der Waals surface area (Å²) in [6.07, 6.45) is 0.787. The minimum Gasteiger partial charge on any atom is -0.371 e. The van der Waals surface area contributed by atoms with Gasteiger partial charge in [0, 0.05) is 12.0 Å². The zero-order chi connectivity index (χ0) is 11.5. The molecule has 0 radical (unpaired) electrons. The van der Waals surface area contributed by atoms with Gasteiger partial charge in [0.05, 0.1) is 0 Å². The average molecular weight is 257 g/mol. The molecule has 2 heterocycles. The van der Waals surface area contributed by atoms with Gasteiger partial charge >= 0.3 is 0 Å². The van der Waals surface area contributed by atoms with E-state index in [4.69, 9.17) is 16.3 Å². The summed E-state index contributed by atoms with van der Waals surface area (Å²) in [5.41, 5.74) is 0. The Morgan fingerprint density at radius 1 is 1.44 bits per heavy atom. The zero-order valence-corrected chi connectivity index (χ0v) is 10.8. The number of fused-ring (bicyclic) bond motifs is 1. The minimum atomic E-state index is -0.0611. The summed E-state index contributed by atoms with van der Waals surface area (Å²) in [5, 5.41) is 3.40. The van der Waals surface area contributed by atoms with Gasteiger partial charge in [-0.05, 0) is 24.8 Å². The molecule has 5 heteroatoms. The summed E-state index contributed by atoms with van der Waals surface area (Å²) in [6, 6.07) is 1.94. The van der Waals surface area contributed by atoms with Crippen molar-refractivity contribution < 1.29 is 4.74 Å². The van der Waals surface area contributed by atoms with Gasteiger partial charge in [0.1, 0.15) is 16.1 Å². The lowest BCUT2D eigenvalue weighted by Gasteiger charge is -2.13. The van der Waals surface area contributed by atoms with Crippen LogP contribution in [0.5, 0.6) is 0 Å². The summed E-state index contributed by atoms with van der Waals surface area (Å²) < 4.78 is 5.58. The first-order valence-corrected chi connectivity index (χ1v) is 6.54. The molecule has 2 aromatic heterocycles. The Balaban J connectivity index is 2.43. The highest BCUT2D eigenvalue weighted by Crippen LogP contribution is 2.28. The Labute approximate surface area is 103 Å². The highest BCUT2D eigenvalue weighted by atomic mass is 35.5. The quantitative estimate of drug-likeness (QED) is 0.780. The largest absolute Gasteiger partial charge is 0.371 e. The van der Waals surface area contributed by atoms with E-state index in [1.54, 1.807) is 11.3 Å². The SMILES string of the molecule is CCOC(CC)c1nc(Cl)c2ccsc2n1. The van der Waals surface area contributed by atoms with E-state index < -0.39 is 0 Å². The fourth-order valence-electron chi connectivity index (χ4n) is 1.55. The van der Waals surface area contributed by atoms with Crippen LogP contribution in [0.4, 0.5) is 0 Å². The molecule has 0 aliphatic rings. The second-order valence-corrected chi connectivity index (χ2v) is 4.62. The molecule has 0 saturated heterocycles. The Hall–Kier alpha value is -0.710. The molecule has 0 bridgehead atoms. The molecule has 0 amide bonds. The van der Waals surface area contributed by atoms with Crippen LogP contribution in [0.2, 0.25) is 5.15 Å². The smallest absolute Gasteiger partial charge is 0.160 e. The van der Waals surface area contributed by atoms with Gasteiger partial charge in [0.25, 0.3) is 0 Å². The average Bonchev–Trinajstić information content (AvgIpc) is 2.74. The van der Waals surface area contributed by atoms with Crippen molar-refractivity contribution in [3.63, 3.8) is 0 Å². The van der Waals surface area contributed by atoms with E-state index in [0.717, 1.165) is 16.6 Å². The zero-order valence-electron chi connectivity index (χ0n) is 9.24. The van der Waals surface area contributed by atoms with E-state index in [1.165, 1.54) is 0 Å². The standard InChI is InChI=1S/C11H13ClN2OS/c1-3-8(15-4-2)10-13-9(12)7-5-6-16-11(7)14-10/h5-6,8H,3-4H2,1-2H3. The van der Waals surface area contributed by atoms with Gasteiger partial charge in [-0.3, -0.25) is 0 Å². The summed E-state index contributed by atoms with van der Waals surface area (Å²) in [4.78, 5) is 9.71. The van der Waals surface area contributed by atoms with Crippen LogP contribution in [-0.2, 0) is 4.74 Å². The molecule has 3 nitrogen and oxygen atoms in total. The van der Waals surface area contributed by atoms with Crippen LogP contribution < -0.4 is 0 Å². The molecule has 0 aliphatic heterocycles. The maximum absolute atomic E-state index is 6.10. The monoisotopic (exact) mass is 256 g/mol. The molecule has 86 valence electrons. The topological polar surface area (TPSA) is 35.0 Å². The van der Waals surface area contributed by atoms with Gasteiger partial charge in [0.15, 0.2) is 5.82 Å². The third kappa shape index (κ3) is 2.19. The highest BCUT2D eigenvalue weighted by Gasteiger charge is 2.15. The number of aromatic nitrogens is 2. The van der Waals surface area contributed by atoms with Crippen molar-refractivity contribution in [3.8, 4) is 0 Å². The molecule has 1 unspecified atom stereocenters. The molecule has 2 aromatic rings. The second kappa shape index (κ2) is 5.08. The Morgan fingerprint density at radius 2 is 2.25 bits per heavy atom. The maximum Gasteiger partial charge on any atom is 0.160 e. The van der Waals surface area contributed by atoms with E-state index in [0.29, 0.717) is 17.6 Å². The molecular weight excluding hydrogens is 244 g/mol.